The molecule has 0 saturated carbocycles. The standard InChI is InChI=1S/C17H25NO/c1-4-5-6-7-8-9-10-11-12-13-14-15-17(19)18-16(2)3/h4-9,12-16H,10-11H2,1-3H3,(H,18,19). The number of amides is 1. The Balaban J connectivity index is 3.69. The van der Waals surface area contributed by atoms with Crippen LogP contribution in [0.15, 0.2) is 60.8 Å². The van der Waals surface area contributed by atoms with E-state index in [2.05, 4.69) is 17.5 Å². The van der Waals surface area contributed by atoms with Crippen LogP contribution in [-0.2, 0) is 4.79 Å². The van der Waals surface area contributed by atoms with E-state index in [1.165, 1.54) is 0 Å². The van der Waals surface area contributed by atoms with E-state index in [4.69, 9.17) is 0 Å². The molecular formula is C17H25NO. The van der Waals surface area contributed by atoms with Gasteiger partial charge in [0.05, 0.1) is 0 Å². The SMILES string of the molecule is CC=CC=CC=CCCC=CC=CC(=O)NC(C)C. The van der Waals surface area contributed by atoms with Crippen molar-refractivity contribution in [3.8, 4) is 0 Å². The van der Waals surface area contributed by atoms with Crippen molar-refractivity contribution in [2.45, 2.75) is 39.7 Å². The molecule has 0 aliphatic carbocycles. The van der Waals surface area contributed by atoms with E-state index in [0.717, 1.165) is 12.8 Å². The first kappa shape index (κ1) is 17.2. The van der Waals surface area contributed by atoms with E-state index in [-0.39, 0.29) is 11.9 Å². The van der Waals surface area contributed by atoms with Gasteiger partial charge in [-0.15, -0.1) is 0 Å². The van der Waals surface area contributed by atoms with Gasteiger partial charge in [-0.1, -0.05) is 54.7 Å². The molecule has 0 spiro atoms. The number of hydrogen-bond acceptors (Lipinski definition) is 1. The van der Waals surface area contributed by atoms with Crippen LogP contribution in [0, 0.1) is 0 Å². The lowest BCUT2D eigenvalue weighted by molar-refractivity contribution is -0.116. The fourth-order valence-corrected chi connectivity index (χ4v) is 1.26. The fraction of sp³-hybridized carbons (Fsp3) is 0.353. The third-order valence-corrected chi connectivity index (χ3v) is 2.09. The molecule has 1 amide bonds. The molecule has 2 heteroatoms. The highest BCUT2D eigenvalue weighted by molar-refractivity contribution is 5.87. The molecule has 0 rings (SSSR count). The van der Waals surface area contributed by atoms with Gasteiger partial charge in [0.2, 0.25) is 5.91 Å². The molecule has 19 heavy (non-hydrogen) atoms. The van der Waals surface area contributed by atoms with Crippen LogP contribution in [0.3, 0.4) is 0 Å². The van der Waals surface area contributed by atoms with E-state index in [9.17, 15) is 4.79 Å². The van der Waals surface area contributed by atoms with Gasteiger partial charge < -0.3 is 5.32 Å². The van der Waals surface area contributed by atoms with Gasteiger partial charge in [-0.2, -0.15) is 0 Å². The van der Waals surface area contributed by atoms with E-state index < -0.39 is 0 Å². The summed E-state index contributed by atoms with van der Waals surface area (Å²) in [7, 11) is 0. The quantitative estimate of drug-likeness (QED) is 0.397. The maximum absolute atomic E-state index is 11.3. The summed E-state index contributed by atoms with van der Waals surface area (Å²) >= 11 is 0. The number of rotatable bonds is 8. The molecule has 1 N–H and O–H groups in total. The Morgan fingerprint density at radius 1 is 0.947 bits per heavy atom. The summed E-state index contributed by atoms with van der Waals surface area (Å²) in [5.74, 6) is -0.0475. The number of nitrogens with one attached hydrogen (secondary N) is 1. The smallest absolute Gasteiger partial charge is 0.244 e. The second-order valence-corrected chi connectivity index (χ2v) is 4.37. The van der Waals surface area contributed by atoms with Crippen LogP contribution in [0.25, 0.3) is 0 Å². The van der Waals surface area contributed by atoms with Crippen molar-refractivity contribution in [2.75, 3.05) is 0 Å². The summed E-state index contributed by atoms with van der Waals surface area (Å²) in [4.78, 5) is 11.3. The van der Waals surface area contributed by atoms with Crippen LogP contribution in [0.4, 0.5) is 0 Å². The van der Waals surface area contributed by atoms with Crippen molar-refractivity contribution in [1.29, 1.82) is 0 Å². The molecule has 0 aliphatic heterocycles. The Labute approximate surface area is 117 Å². The zero-order chi connectivity index (χ0) is 14.3. The minimum atomic E-state index is -0.0475. The van der Waals surface area contributed by atoms with Gasteiger partial charge in [0.25, 0.3) is 0 Å². The molecule has 0 heterocycles. The lowest BCUT2D eigenvalue weighted by atomic mass is 10.2. The molecule has 104 valence electrons. The van der Waals surface area contributed by atoms with Gasteiger partial charge in [0.15, 0.2) is 0 Å². The lowest BCUT2D eigenvalue weighted by Gasteiger charge is -2.03. The predicted octanol–water partition coefficient (Wildman–Crippen LogP) is 4.09. The molecule has 0 unspecified atom stereocenters. The largest absolute Gasteiger partial charge is 0.350 e. The van der Waals surface area contributed by atoms with E-state index in [1.54, 1.807) is 12.2 Å². The molecule has 0 aromatic rings. The van der Waals surface area contributed by atoms with E-state index in [1.807, 2.05) is 57.2 Å². The van der Waals surface area contributed by atoms with Crippen molar-refractivity contribution in [2.24, 2.45) is 0 Å². The van der Waals surface area contributed by atoms with Crippen molar-refractivity contribution in [1.82, 2.24) is 5.32 Å². The first-order valence-electron chi connectivity index (χ1n) is 6.75. The van der Waals surface area contributed by atoms with Gasteiger partial charge >= 0.3 is 0 Å². The van der Waals surface area contributed by atoms with Crippen LogP contribution in [0.2, 0.25) is 0 Å². The maximum Gasteiger partial charge on any atom is 0.244 e. The summed E-state index contributed by atoms with van der Waals surface area (Å²) < 4.78 is 0. The highest BCUT2D eigenvalue weighted by Gasteiger charge is 1.95. The Kier molecular flexibility index (Phi) is 11.4. The van der Waals surface area contributed by atoms with Crippen molar-refractivity contribution in [3.63, 3.8) is 0 Å². The summed E-state index contributed by atoms with van der Waals surface area (Å²) in [6.07, 6.45) is 21.4. The molecule has 0 aliphatic rings. The topological polar surface area (TPSA) is 29.1 Å². The average molecular weight is 259 g/mol. The molecule has 0 atom stereocenters. The average Bonchev–Trinajstić information content (AvgIpc) is 2.35. The lowest BCUT2D eigenvalue weighted by Crippen LogP contribution is -2.28. The molecular weight excluding hydrogens is 234 g/mol. The van der Waals surface area contributed by atoms with E-state index in [0.29, 0.717) is 0 Å². The van der Waals surface area contributed by atoms with Gasteiger partial charge in [0.1, 0.15) is 0 Å². The molecule has 0 fully saturated rings. The monoisotopic (exact) mass is 259 g/mol. The zero-order valence-corrected chi connectivity index (χ0v) is 12.2. The molecule has 0 bridgehead atoms. The van der Waals surface area contributed by atoms with Crippen molar-refractivity contribution >= 4 is 5.91 Å². The minimum Gasteiger partial charge on any atom is -0.350 e. The molecule has 0 radical (unpaired) electrons. The van der Waals surface area contributed by atoms with Crippen molar-refractivity contribution < 1.29 is 4.79 Å². The number of allylic oxidation sites excluding steroid dienone is 9. The maximum atomic E-state index is 11.3. The van der Waals surface area contributed by atoms with Gasteiger partial charge in [-0.25, -0.2) is 0 Å². The highest BCUT2D eigenvalue weighted by atomic mass is 16.1. The van der Waals surface area contributed by atoms with Crippen LogP contribution in [0.5, 0.6) is 0 Å². The molecule has 2 nitrogen and oxygen atoms in total. The normalized spacial score (nSPS) is 13.1. The van der Waals surface area contributed by atoms with Crippen molar-refractivity contribution in [3.05, 3.63) is 60.8 Å². The van der Waals surface area contributed by atoms with Gasteiger partial charge in [-0.05, 0) is 33.6 Å². The fourth-order valence-electron chi connectivity index (χ4n) is 1.26. The Hall–Kier alpha value is -1.83. The second kappa shape index (κ2) is 12.6. The van der Waals surface area contributed by atoms with E-state index >= 15 is 0 Å². The second-order valence-electron chi connectivity index (χ2n) is 4.37. The first-order valence-corrected chi connectivity index (χ1v) is 6.75. The highest BCUT2D eigenvalue weighted by Crippen LogP contribution is 1.94. The molecule has 0 aromatic carbocycles. The number of hydrogen-bond donors (Lipinski definition) is 1. The molecule has 0 aromatic heterocycles. The van der Waals surface area contributed by atoms with Gasteiger partial charge in [0, 0.05) is 12.1 Å². The first-order chi connectivity index (χ1) is 9.16. The third-order valence-electron chi connectivity index (χ3n) is 2.09. The Bertz CT molecular complexity index is 371. The van der Waals surface area contributed by atoms with Crippen LogP contribution in [0.1, 0.15) is 33.6 Å². The number of unbranched alkanes of at least 4 members (excludes halogenated alkanes) is 1. The minimum absolute atomic E-state index is 0.0475. The Morgan fingerprint density at radius 3 is 2.11 bits per heavy atom. The summed E-state index contributed by atoms with van der Waals surface area (Å²) in [5.41, 5.74) is 0. The van der Waals surface area contributed by atoms with Crippen LogP contribution < -0.4 is 5.32 Å². The molecule has 0 saturated heterocycles. The number of carbonyl (C=O) groups is 1. The van der Waals surface area contributed by atoms with Crippen LogP contribution >= 0.6 is 0 Å². The Morgan fingerprint density at radius 2 is 1.53 bits per heavy atom. The predicted molar refractivity (Wildman–Crippen MR) is 83.9 cm³/mol. The number of carbonyl (C=O) groups excluding carboxylic acids is 1. The summed E-state index contributed by atoms with van der Waals surface area (Å²) in [6, 6.07) is 0.182. The summed E-state index contributed by atoms with van der Waals surface area (Å²) in [6.45, 7) is 5.88. The third kappa shape index (κ3) is 14.1. The van der Waals surface area contributed by atoms with Crippen LogP contribution in [-0.4, -0.2) is 11.9 Å². The van der Waals surface area contributed by atoms with Gasteiger partial charge in [-0.3, -0.25) is 4.79 Å². The summed E-state index contributed by atoms with van der Waals surface area (Å²) in [5, 5.41) is 2.79. The zero-order valence-electron chi connectivity index (χ0n) is 12.2.